The molecule has 0 aromatic heterocycles. The van der Waals surface area contributed by atoms with Gasteiger partial charge in [0.05, 0.1) is 0 Å². The van der Waals surface area contributed by atoms with Gasteiger partial charge in [0, 0.05) is 24.7 Å². The number of aliphatic carboxylic acids is 1. The van der Waals surface area contributed by atoms with Crippen LogP contribution in [0.5, 0.6) is 0 Å². The van der Waals surface area contributed by atoms with Crippen LogP contribution in [0.15, 0.2) is 12.2 Å². The lowest BCUT2D eigenvalue weighted by Gasteiger charge is -2.30. The Bertz CT molecular complexity index is 398. The fourth-order valence-corrected chi connectivity index (χ4v) is 2.37. The topological polar surface area (TPSA) is 86.7 Å². The molecule has 0 heterocycles. The smallest absolute Gasteiger partial charge is 0.328 e. The van der Waals surface area contributed by atoms with E-state index in [-0.39, 0.29) is 6.04 Å². The predicted octanol–water partition coefficient (Wildman–Crippen LogP) is 1.76. The van der Waals surface area contributed by atoms with Crippen molar-refractivity contribution in [3.05, 3.63) is 12.2 Å². The lowest BCUT2D eigenvalue weighted by atomic mass is 10.1. The Morgan fingerprint density at radius 1 is 1.25 bits per heavy atom. The van der Waals surface area contributed by atoms with E-state index in [4.69, 9.17) is 5.11 Å². The molecule has 0 aromatic rings. The molecular weight excluding hydrogens is 260 g/mol. The minimum Gasteiger partial charge on any atom is -0.478 e. The number of urea groups is 1. The molecule has 0 atom stereocenters. The van der Waals surface area contributed by atoms with E-state index in [0.717, 1.165) is 31.8 Å². The van der Waals surface area contributed by atoms with E-state index >= 15 is 0 Å². The van der Waals surface area contributed by atoms with E-state index in [2.05, 4.69) is 5.32 Å². The SMILES string of the molecule is CC(C)CN(C(=O)NC(=O)/C=C/C(=O)O)C1CCCC1. The Morgan fingerprint density at radius 2 is 1.85 bits per heavy atom. The molecule has 1 saturated carbocycles. The molecule has 1 rings (SSSR count). The predicted molar refractivity (Wildman–Crippen MR) is 74.1 cm³/mol. The van der Waals surface area contributed by atoms with E-state index in [1.165, 1.54) is 0 Å². The lowest BCUT2D eigenvalue weighted by molar-refractivity contribution is -0.131. The molecule has 6 heteroatoms. The maximum atomic E-state index is 12.1. The first-order valence-corrected chi connectivity index (χ1v) is 6.92. The number of imide groups is 1. The Hall–Kier alpha value is -1.85. The maximum Gasteiger partial charge on any atom is 0.328 e. The Morgan fingerprint density at radius 3 is 2.35 bits per heavy atom. The number of nitrogens with one attached hydrogen (secondary N) is 1. The molecule has 0 bridgehead atoms. The highest BCUT2D eigenvalue weighted by Crippen LogP contribution is 2.24. The van der Waals surface area contributed by atoms with Crippen LogP contribution in [0.4, 0.5) is 4.79 Å². The third kappa shape index (κ3) is 5.42. The largest absolute Gasteiger partial charge is 0.478 e. The second-order valence-electron chi connectivity index (χ2n) is 5.45. The molecule has 20 heavy (non-hydrogen) atoms. The van der Waals surface area contributed by atoms with Crippen LogP contribution in [0.25, 0.3) is 0 Å². The van der Waals surface area contributed by atoms with Crippen molar-refractivity contribution in [1.29, 1.82) is 0 Å². The molecule has 0 saturated heterocycles. The number of hydrogen-bond acceptors (Lipinski definition) is 3. The molecule has 1 aliphatic rings. The first-order chi connectivity index (χ1) is 9.40. The minimum atomic E-state index is -1.22. The highest BCUT2D eigenvalue weighted by Gasteiger charge is 2.27. The Labute approximate surface area is 118 Å². The summed E-state index contributed by atoms with van der Waals surface area (Å²) >= 11 is 0. The van der Waals surface area contributed by atoms with Crippen LogP contribution >= 0.6 is 0 Å². The van der Waals surface area contributed by atoms with Crippen molar-refractivity contribution in [2.75, 3.05) is 6.54 Å². The summed E-state index contributed by atoms with van der Waals surface area (Å²) < 4.78 is 0. The van der Waals surface area contributed by atoms with Crippen LogP contribution in [0, 0.1) is 5.92 Å². The molecule has 2 N–H and O–H groups in total. The summed E-state index contributed by atoms with van der Waals surface area (Å²) in [5, 5.41) is 10.7. The van der Waals surface area contributed by atoms with E-state index in [1.807, 2.05) is 13.8 Å². The van der Waals surface area contributed by atoms with Crippen molar-refractivity contribution in [3.8, 4) is 0 Å². The van der Waals surface area contributed by atoms with Gasteiger partial charge in [0.15, 0.2) is 0 Å². The number of carboxylic acids is 1. The molecule has 112 valence electrons. The lowest BCUT2D eigenvalue weighted by Crippen LogP contribution is -2.48. The van der Waals surface area contributed by atoms with Gasteiger partial charge < -0.3 is 10.0 Å². The standard InChI is InChI=1S/C14H22N2O4/c1-10(2)9-16(11-5-3-4-6-11)14(20)15-12(17)7-8-13(18)19/h7-8,10-11H,3-6,9H2,1-2H3,(H,18,19)(H,15,17,20)/b8-7+. The molecule has 1 aliphatic carbocycles. The Balaban J connectivity index is 2.62. The van der Waals surface area contributed by atoms with Gasteiger partial charge in [0.25, 0.3) is 5.91 Å². The molecule has 0 aliphatic heterocycles. The minimum absolute atomic E-state index is 0.175. The third-order valence-electron chi connectivity index (χ3n) is 3.20. The van der Waals surface area contributed by atoms with Crippen LogP contribution in [-0.4, -0.2) is 40.5 Å². The summed E-state index contributed by atoms with van der Waals surface area (Å²) in [7, 11) is 0. The molecular formula is C14H22N2O4. The summed E-state index contributed by atoms with van der Waals surface area (Å²) in [4.78, 5) is 35.6. The number of rotatable bonds is 5. The van der Waals surface area contributed by atoms with Gasteiger partial charge >= 0.3 is 12.0 Å². The molecule has 3 amide bonds. The summed E-state index contributed by atoms with van der Waals surface area (Å²) in [6.07, 6.45) is 5.67. The maximum absolute atomic E-state index is 12.1. The second-order valence-corrected chi connectivity index (χ2v) is 5.45. The molecule has 1 fully saturated rings. The number of hydrogen-bond donors (Lipinski definition) is 2. The van der Waals surface area contributed by atoms with Gasteiger partial charge in [-0.2, -0.15) is 0 Å². The van der Waals surface area contributed by atoms with Crippen LogP contribution in [0.2, 0.25) is 0 Å². The van der Waals surface area contributed by atoms with Crippen molar-refractivity contribution in [2.45, 2.75) is 45.6 Å². The number of nitrogens with zero attached hydrogens (tertiary/aromatic N) is 1. The van der Waals surface area contributed by atoms with E-state index < -0.39 is 17.9 Å². The normalized spacial score (nSPS) is 15.8. The Kier molecular flexibility index (Phi) is 6.21. The molecule has 0 radical (unpaired) electrons. The quantitative estimate of drug-likeness (QED) is 0.752. The van der Waals surface area contributed by atoms with Crippen molar-refractivity contribution in [3.63, 3.8) is 0 Å². The molecule has 0 spiro atoms. The molecule has 0 aromatic carbocycles. The molecule has 6 nitrogen and oxygen atoms in total. The highest BCUT2D eigenvalue weighted by atomic mass is 16.4. The highest BCUT2D eigenvalue weighted by molar-refractivity contribution is 6.02. The zero-order valence-corrected chi connectivity index (χ0v) is 12.0. The van der Waals surface area contributed by atoms with Crippen molar-refractivity contribution < 1.29 is 19.5 Å². The number of amides is 3. The summed E-state index contributed by atoms with van der Waals surface area (Å²) in [5.74, 6) is -1.61. The van der Waals surface area contributed by atoms with Crippen LogP contribution in [-0.2, 0) is 9.59 Å². The van der Waals surface area contributed by atoms with Gasteiger partial charge in [0.1, 0.15) is 0 Å². The van der Waals surface area contributed by atoms with Gasteiger partial charge in [-0.05, 0) is 18.8 Å². The second kappa shape index (κ2) is 7.67. The zero-order chi connectivity index (χ0) is 15.1. The average Bonchev–Trinajstić information content (AvgIpc) is 2.86. The van der Waals surface area contributed by atoms with Crippen LogP contribution in [0.1, 0.15) is 39.5 Å². The fraction of sp³-hybridized carbons (Fsp3) is 0.643. The van der Waals surface area contributed by atoms with E-state index in [1.54, 1.807) is 4.90 Å². The molecule has 0 unspecified atom stereocenters. The van der Waals surface area contributed by atoms with Crippen molar-refractivity contribution in [2.24, 2.45) is 5.92 Å². The number of carboxylic acid groups (broad SMARTS) is 1. The number of carbonyl (C=O) groups excluding carboxylic acids is 2. The zero-order valence-electron chi connectivity index (χ0n) is 12.0. The first-order valence-electron chi connectivity index (χ1n) is 6.92. The van der Waals surface area contributed by atoms with Crippen molar-refractivity contribution >= 4 is 17.9 Å². The third-order valence-corrected chi connectivity index (χ3v) is 3.20. The van der Waals surface area contributed by atoms with Crippen LogP contribution in [0.3, 0.4) is 0 Å². The summed E-state index contributed by atoms with van der Waals surface area (Å²) in [5.41, 5.74) is 0. The van der Waals surface area contributed by atoms with Gasteiger partial charge in [-0.15, -0.1) is 0 Å². The van der Waals surface area contributed by atoms with Gasteiger partial charge in [-0.25, -0.2) is 9.59 Å². The van der Waals surface area contributed by atoms with E-state index in [0.29, 0.717) is 18.5 Å². The van der Waals surface area contributed by atoms with Crippen molar-refractivity contribution in [1.82, 2.24) is 10.2 Å². The van der Waals surface area contributed by atoms with Crippen LogP contribution < -0.4 is 5.32 Å². The fourth-order valence-electron chi connectivity index (χ4n) is 2.37. The van der Waals surface area contributed by atoms with Gasteiger partial charge in [-0.1, -0.05) is 26.7 Å². The summed E-state index contributed by atoms with van der Waals surface area (Å²) in [6, 6.07) is -0.265. The van der Waals surface area contributed by atoms with Gasteiger partial charge in [0.2, 0.25) is 0 Å². The first kappa shape index (κ1) is 16.2. The summed E-state index contributed by atoms with van der Waals surface area (Å²) in [6.45, 7) is 4.62. The van der Waals surface area contributed by atoms with Gasteiger partial charge in [-0.3, -0.25) is 10.1 Å². The monoisotopic (exact) mass is 282 g/mol. The average molecular weight is 282 g/mol. The van der Waals surface area contributed by atoms with E-state index in [9.17, 15) is 14.4 Å². The number of carbonyl (C=O) groups is 3.